The van der Waals surface area contributed by atoms with Crippen LogP contribution in [-0.2, 0) is 10.0 Å². The highest BCUT2D eigenvalue weighted by atomic mass is 32.2. The Morgan fingerprint density at radius 2 is 1.52 bits per heavy atom. The molecule has 0 atom stereocenters. The van der Waals surface area contributed by atoms with Gasteiger partial charge in [0.05, 0.1) is 16.1 Å². The van der Waals surface area contributed by atoms with Gasteiger partial charge in [0.2, 0.25) is 0 Å². The lowest BCUT2D eigenvalue weighted by Gasteiger charge is -2.11. The Morgan fingerprint density at radius 3 is 2.38 bits per heavy atom. The van der Waals surface area contributed by atoms with Crippen molar-refractivity contribution in [3.8, 4) is 11.3 Å². The first-order valence-corrected chi connectivity index (χ1v) is 10.6. The maximum Gasteiger partial charge on any atom is 0.262 e. The third-order valence-corrected chi connectivity index (χ3v) is 6.34. The summed E-state index contributed by atoms with van der Waals surface area (Å²) < 4.78 is 28.9. The van der Waals surface area contributed by atoms with Gasteiger partial charge < -0.3 is 0 Å². The van der Waals surface area contributed by atoms with Crippen molar-refractivity contribution in [3.05, 3.63) is 91.0 Å². The number of rotatable bonds is 4. The molecular weight excluding hydrogens is 382 g/mol. The largest absolute Gasteiger partial charge is 0.280 e. The normalized spacial score (nSPS) is 11.7. The highest BCUT2D eigenvalue weighted by Gasteiger charge is 2.18. The summed E-state index contributed by atoms with van der Waals surface area (Å²) >= 11 is 0. The van der Waals surface area contributed by atoms with E-state index in [4.69, 9.17) is 0 Å². The fourth-order valence-corrected chi connectivity index (χ4v) is 4.81. The van der Waals surface area contributed by atoms with Crippen LogP contribution in [-0.4, -0.2) is 18.6 Å². The van der Waals surface area contributed by atoms with E-state index in [2.05, 4.69) is 14.9 Å². The van der Waals surface area contributed by atoms with E-state index in [-0.39, 0.29) is 4.90 Å². The van der Waals surface area contributed by atoms with Crippen molar-refractivity contribution in [2.75, 3.05) is 4.72 Å². The number of anilines is 1. The van der Waals surface area contributed by atoms with Gasteiger partial charge in [-0.1, -0.05) is 66.7 Å². The van der Waals surface area contributed by atoms with E-state index in [9.17, 15) is 8.42 Å². The molecule has 29 heavy (non-hydrogen) atoms. The number of benzene rings is 4. The van der Waals surface area contributed by atoms with Crippen LogP contribution in [0.1, 0.15) is 0 Å². The molecule has 0 radical (unpaired) electrons. The van der Waals surface area contributed by atoms with Crippen LogP contribution in [0.5, 0.6) is 0 Å². The van der Waals surface area contributed by atoms with Gasteiger partial charge in [-0.25, -0.2) is 8.42 Å². The predicted octanol–water partition coefficient (Wildman–Crippen LogP) is 5.18. The molecular formula is C23H17N3O2S. The number of hydrogen-bond donors (Lipinski definition) is 2. The van der Waals surface area contributed by atoms with Gasteiger partial charge in [-0.15, -0.1) is 0 Å². The number of sulfonamides is 1. The molecule has 6 heteroatoms. The van der Waals surface area contributed by atoms with Crippen LogP contribution in [0.4, 0.5) is 5.69 Å². The van der Waals surface area contributed by atoms with E-state index < -0.39 is 10.0 Å². The summed E-state index contributed by atoms with van der Waals surface area (Å²) in [5, 5.41) is 9.83. The zero-order valence-corrected chi connectivity index (χ0v) is 16.1. The number of aromatic amines is 1. The highest BCUT2D eigenvalue weighted by Crippen LogP contribution is 2.30. The second-order valence-electron chi connectivity index (χ2n) is 6.78. The van der Waals surface area contributed by atoms with Gasteiger partial charge in [0, 0.05) is 22.0 Å². The summed E-state index contributed by atoms with van der Waals surface area (Å²) in [5.74, 6) is 0. The van der Waals surface area contributed by atoms with Gasteiger partial charge >= 0.3 is 0 Å². The lowest BCUT2D eigenvalue weighted by atomic mass is 10.1. The number of aromatic nitrogens is 2. The quantitative estimate of drug-likeness (QED) is 0.437. The number of fused-ring (bicyclic) bond motifs is 2. The Labute approximate surface area is 168 Å². The number of hydrogen-bond acceptors (Lipinski definition) is 3. The van der Waals surface area contributed by atoms with Crippen molar-refractivity contribution in [2.24, 2.45) is 0 Å². The molecule has 5 nitrogen and oxygen atoms in total. The molecule has 0 spiro atoms. The molecule has 0 amide bonds. The van der Waals surface area contributed by atoms with Crippen LogP contribution in [0.2, 0.25) is 0 Å². The van der Waals surface area contributed by atoms with Crippen LogP contribution in [0.15, 0.2) is 95.9 Å². The van der Waals surface area contributed by atoms with Crippen LogP contribution in [0.3, 0.4) is 0 Å². The van der Waals surface area contributed by atoms with Gasteiger partial charge in [-0.2, -0.15) is 5.10 Å². The molecule has 5 aromatic rings. The zero-order valence-electron chi connectivity index (χ0n) is 15.3. The minimum absolute atomic E-state index is 0.256. The molecule has 0 aliphatic heterocycles. The standard InChI is InChI=1S/C23H17N3O2S/c27-29(28,22-12-6-10-16-7-4-5-11-19(16)22)26-18-13-14-21-20(15-18)23(25-24-21)17-8-2-1-3-9-17/h1-15,26H,(H,24,25). The molecule has 0 unspecified atom stereocenters. The van der Waals surface area contributed by atoms with Crippen molar-refractivity contribution in [1.29, 1.82) is 0 Å². The summed E-state index contributed by atoms with van der Waals surface area (Å²) in [4.78, 5) is 0.256. The van der Waals surface area contributed by atoms with Crippen LogP contribution in [0, 0.1) is 0 Å². The average molecular weight is 399 g/mol. The fraction of sp³-hybridized carbons (Fsp3) is 0. The van der Waals surface area contributed by atoms with Crippen LogP contribution in [0.25, 0.3) is 32.9 Å². The number of H-pyrrole nitrogens is 1. The SMILES string of the molecule is O=S(=O)(Nc1ccc2[nH]nc(-c3ccccc3)c2c1)c1cccc2ccccc12. The topological polar surface area (TPSA) is 74.8 Å². The van der Waals surface area contributed by atoms with E-state index in [1.807, 2.05) is 72.8 Å². The van der Waals surface area contributed by atoms with Crippen molar-refractivity contribution in [1.82, 2.24) is 10.2 Å². The summed E-state index contributed by atoms with van der Waals surface area (Å²) in [7, 11) is -3.75. The van der Waals surface area contributed by atoms with Crippen molar-refractivity contribution >= 4 is 37.4 Å². The Kier molecular flexibility index (Phi) is 4.07. The van der Waals surface area contributed by atoms with E-state index >= 15 is 0 Å². The molecule has 0 saturated heterocycles. The third kappa shape index (κ3) is 3.13. The van der Waals surface area contributed by atoms with E-state index in [0.29, 0.717) is 11.1 Å². The Morgan fingerprint density at radius 1 is 0.759 bits per heavy atom. The smallest absolute Gasteiger partial charge is 0.262 e. The second kappa shape index (κ2) is 6.76. The molecule has 0 fully saturated rings. The monoisotopic (exact) mass is 399 g/mol. The van der Waals surface area contributed by atoms with E-state index in [1.165, 1.54) is 0 Å². The highest BCUT2D eigenvalue weighted by molar-refractivity contribution is 7.93. The molecule has 0 aliphatic rings. The predicted molar refractivity (Wildman–Crippen MR) is 116 cm³/mol. The lowest BCUT2D eigenvalue weighted by molar-refractivity contribution is 0.602. The second-order valence-corrected chi connectivity index (χ2v) is 8.43. The molecule has 142 valence electrons. The van der Waals surface area contributed by atoms with E-state index in [1.54, 1.807) is 18.2 Å². The minimum Gasteiger partial charge on any atom is -0.280 e. The van der Waals surface area contributed by atoms with Crippen LogP contribution >= 0.6 is 0 Å². The molecule has 0 saturated carbocycles. The Bertz CT molecular complexity index is 1440. The Hall–Kier alpha value is -3.64. The van der Waals surface area contributed by atoms with Crippen molar-refractivity contribution in [2.45, 2.75) is 4.90 Å². The first kappa shape index (κ1) is 17.5. The molecule has 0 bridgehead atoms. The van der Waals surface area contributed by atoms with Gasteiger partial charge in [-0.3, -0.25) is 9.82 Å². The number of nitrogens with one attached hydrogen (secondary N) is 2. The van der Waals surface area contributed by atoms with Gasteiger partial charge in [0.15, 0.2) is 0 Å². The summed E-state index contributed by atoms with van der Waals surface area (Å²) in [5.41, 5.74) is 3.08. The number of nitrogens with zero attached hydrogens (tertiary/aromatic N) is 1. The minimum atomic E-state index is -3.75. The fourth-order valence-electron chi connectivity index (χ4n) is 3.53. The molecule has 2 N–H and O–H groups in total. The molecule has 1 heterocycles. The van der Waals surface area contributed by atoms with Crippen LogP contribution < -0.4 is 4.72 Å². The molecule has 5 rings (SSSR count). The molecule has 1 aromatic heterocycles. The Balaban J connectivity index is 1.58. The summed E-state index contributed by atoms with van der Waals surface area (Å²) in [6.45, 7) is 0. The third-order valence-electron chi connectivity index (χ3n) is 4.90. The van der Waals surface area contributed by atoms with E-state index in [0.717, 1.165) is 27.5 Å². The lowest BCUT2D eigenvalue weighted by Crippen LogP contribution is -2.13. The maximum atomic E-state index is 13.1. The van der Waals surface area contributed by atoms with Crippen molar-refractivity contribution in [3.63, 3.8) is 0 Å². The van der Waals surface area contributed by atoms with Gasteiger partial charge in [0.1, 0.15) is 0 Å². The van der Waals surface area contributed by atoms with Crippen molar-refractivity contribution < 1.29 is 8.42 Å². The molecule has 0 aliphatic carbocycles. The summed E-state index contributed by atoms with van der Waals surface area (Å²) in [6, 6.07) is 27.9. The first-order chi connectivity index (χ1) is 14.1. The molecule has 4 aromatic carbocycles. The maximum absolute atomic E-state index is 13.1. The first-order valence-electron chi connectivity index (χ1n) is 9.16. The zero-order chi connectivity index (χ0) is 19.8. The average Bonchev–Trinajstić information content (AvgIpc) is 3.17. The van der Waals surface area contributed by atoms with Gasteiger partial charge in [0.25, 0.3) is 10.0 Å². The van der Waals surface area contributed by atoms with Gasteiger partial charge in [-0.05, 0) is 29.7 Å². The summed E-state index contributed by atoms with van der Waals surface area (Å²) in [6.07, 6.45) is 0.